The van der Waals surface area contributed by atoms with Gasteiger partial charge in [-0.2, -0.15) is 4.98 Å². The maximum absolute atomic E-state index is 6.29. The third-order valence-electron chi connectivity index (χ3n) is 5.67. The van der Waals surface area contributed by atoms with Gasteiger partial charge in [0.1, 0.15) is 11.5 Å². The van der Waals surface area contributed by atoms with Crippen molar-refractivity contribution in [1.82, 2.24) is 14.9 Å². The highest BCUT2D eigenvalue weighted by molar-refractivity contribution is 5.44. The van der Waals surface area contributed by atoms with E-state index < -0.39 is 0 Å². The number of hydrogen-bond donors (Lipinski definition) is 0. The van der Waals surface area contributed by atoms with E-state index in [9.17, 15) is 0 Å². The van der Waals surface area contributed by atoms with Gasteiger partial charge in [0.25, 0.3) is 0 Å². The standard InChI is InChI=1S/C23H26N4O2/c1-17-6-8-18(9-7-17)29-22-20-16-26(15-19-5-4-14-28-19)13-10-21(20)24-23(25-22)27-11-2-3-12-27/h4-9,14H,2-3,10-13,15-16H2,1H3. The Morgan fingerprint density at radius 1 is 1.03 bits per heavy atom. The zero-order valence-electron chi connectivity index (χ0n) is 16.8. The number of aromatic nitrogens is 2. The molecule has 0 spiro atoms. The van der Waals surface area contributed by atoms with E-state index >= 15 is 0 Å². The monoisotopic (exact) mass is 390 g/mol. The Kier molecular flexibility index (Phi) is 4.94. The summed E-state index contributed by atoms with van der Waals surface area (Å²) in [6.07, 6.45) is 5.02. The summed E-state index contributed by atoms with van der Waals surface area (Å²) >= 11 is 0. The van der Waals surface area contributed by atoms with Gasteiger partial charge < -0.3 is 14.1 Å². The van der Waals surface area contributed by atoms with E-state index in [1.165, 1.54) is 18.4 Å². The molecule has 0 saturated carbocycles. The maximum Gasteiger partial charge on any atom is 0.228 e. The van der Waals surface area contributed by atoms with Crippen LogP contribution in [0.4, 0.5) is 5.95 Å². The average Bonchev–Trinajstić information content (AvgIpc) is 3.44. The summed E-state index contributed by atoms with van der Waals surface area (Å²) in [6, 6.07) is 12.1. The summed E-state index contributed by atoms with van der Waals surface area (Å²) in [5, 5.41) is 0. The van der Waals surface area contributed by atoms with Crippen LogP contribution in [0.1, 0.15) is 35.4 Å². The molecule has 0 amide bonds. The number of rotatable bonds is 5. The molecular weight excluding hydrogens is 364 g/mol. The third kappa shape index (κ3) is 3.98. The third-order valence-corrected chi connectivity index (χ3v) is 5.67. The van der Waals surface area contributed by atoms with Crippen LogP contribution >= 0.6 is 0 Å². The lowest BCUT2D eigenvalue weighted by Crippen LogP contribution is -2.32. The number of hydrogen-bond acceptors (Lipinski definition) is 6. The van der Waals surface area contributed by atoms with Crippen LogP contribution in [0.25, 0.3) is 0 Å². The SMILES string of the molecule is Cc1ccc(Oc2nc(N3CCCC3)nc3c2CN(Cc2ccco2)CC3)cc1. The second-order valence-electron chi connectivity index (χ2n) is 7.90. The highest BCUT2D eigenvalue weighted by Crippen LogP contribution is 2.32. The number of benzene rings is 1. The lowest BCUT2D eigenvalue weighted by atomic mass is 10.1. The first kappa shape index (κ1) is 18.2. The van der Waals surface area contributed by atoms with Gasteiger partial charge in [-0.05, 0) is 44.0 Å². The molecule has 5 rings (SSSR count). The molecule has 0 atom stereocenters. The fourth-order valence-electron chi connectivity index (χ4n) is 4.05. The van der Waals surface area contributed by atoms with Gasteiger partial charge in [-0.15, -0.1) is 0 Å². The Bertz CT molecular complexity index is 963. The van der Waals surface area contributed by atoms with Crippen molar-refractivity contribution in [3.8, 4) is 11.6 Å². The summed E-state index contributed by atoms with van der Waals surface area (Å²) in [6.45, 7) is 6.62. The molecule has 4 heterocycles. The van der Waals surface area contributed by atoms with Crippen molar-refractivity contribution in [3.05, 3.63) is 65.2 Å². The number of fused-ring (bicyclic) bond motifs is 1. The van der Waals surface area contributed by atoms with E-state index in [0.717, 1.165) is 67.9 Å². The Balaban J connectivity index is 1.46. The topological polar surface area (TPSA) is 54.6 Å². The molecule has 0 bridgehead atoms. The zero-order valence-corrected chi connectivity index (χ0v) is 16.8. The number of ether oxygens (including phenoxy) is 1. The summed E-state index contributed by atoms with van der Waals surface area (Å²) in [5.41, 5.74) is 3.41. The van der Waals surface area contributed by atoms with Gasteiger partial charge in [-0.1, -0.05) is 17.7 Å². The molecule has 0 unspecified atom stereocenters. The van der Waals surface area contributed by atoms with E-state index in [1.807, 2.05) is 24.3 Å². The Hall–Kier alpha value is -2.86. The molecule has 3 aromatic rings. The predicted molar refractivity (Wildman–Crippen MR) is 111 cm³/mol. The second kappa shape index (κ2) is 7.87. The number of aryl methyl sites for hydroxylation is 1. The summed E-state index contributed by atoms with van der Waals surface area (Å²) in [5.74, 6) is 3.28. The van der Waals surface area contributed by atoms with Gasteiger partial charge in [-0.25, -0.2) is 4.98 Å². The molecule has 0 N–H and O–H groups in total. The molecule has 1 aromatic carbocycles. The Labute approximate surface area is 171 Å². The Morgan fingerprint density at radius 3 is 2.62 bits per heavy atom. The van der Waals surface area contributed by atoms with Crippen molar-refractivity contribution in [3.63, 3.8) is 0 Å². The van der Waals surface area contributed by atoms with Crippen LogP contribution in [0.3, 0.4) is 0 Å². The lowest BCUT2D eigenvalue weighted by molar-refractivity contribution is 0.220. The van der Waals surface area contributed by atoms with Crippen molar-refractivity contribution in [2.45, 2.75) is 39.3 Å². The highest BCUT2D eigenvalue weighted by atomic mass is 16.5. The fraction of sp³-hybridized carbons (Fsp3) is 0.391. The van der Waals surface area contributed by atoms with Crippen LogP contribution < -0.4 is 9.64 Å². The zero-order chi connectivity index (χ0) is 19.6. The van der Waals surface area contributed by atoms with Crippen LogP contribution in [0.5, 0.6) is 11.6 Å². The molecule has 2 aliphatic heterocycles. The van der Waals surface area contributed by atoms with E-state index in [4.69, 9.17) is 19.1 Å². The molecule has 2 aliphatic rings. The van der Waals surface area contributed by atoms with Gasteiger partial charge in [-0.3, -0.25) is 4.90 Å². The van der Waals surface area contributed by atoms with Gasteiger partial charge in [0, 0.05) is 32.6 Å². The minimum absolute atomic E-state index is 0.685. The predicted octanol–water partition coefficient (Wildman–Crippen LogP) is 4.33. The molecule has 6 nitrogen and oxygen atoms in total. The minimum Gasteiger partial charge on any atom is -0.468 e. The quantitative estimate of drug-likeness (QED) is 0.646. The van der Waals surface area contributed by atoms with Crippen LogP contribution in [0, 0.1) is 6.92 Å². The first-order valence-electron chi connectivity index (χ1n) is 10.4. The smallest absolute Gasteiger partial charge is 0.228 e. The van der Waals surface area contributed by atoms with Crippen molar-refractivity contribution in [2.75, 3.05) is 24.5 Å². The molecule has 6 heteroatoms. The van der Waals surface area contributed by atoms with E-state index in [-0.39, 0.29) is 0 Å². The number of furan rings is 1. The van der Waals surface area contributed by atoms with Crippen molar-refractivity contribution in [1.29, 1.82) is 0 Å². The minimum atomic E-state index is 0.685. The molecule has 0 radical (unpaired) electrons. The number of anilines is 1. The van der Waals surface area contributed by atoms with Crippen LogP contribution in [0.15, 0.2) is 47.1 Å². The van der Waals surface area contributed by atoms with Gasteiger partial charge >= 0.3 is 0 Å². The molecule has 0 aliphatic carbocycles. The van der Waals surface area contributed by atoms with Crippen molar-refractivity contribution < 1.29 is 9.15 Å². The molecule has 2 aromatic heterocycles. The molecule has 29 heavy (non-hydrogen) atoms. The van der Waals surface area contributed by atoms with Crippen molar-refractivity contribution in [2.24, 2.45) is 0 Å². The fourth-order valence-corrected chi connectivity index (χ4v) is 4.05. The molecular formula is C23H26N4O2. The molecule has 1 fully saturated rings. The van der Waals surface area contributed by atoms with E-state index in [2.05, 4.69) is 28.9 Å². The van der Waals surface area contributed by atoms with Gasteiger partial charge in [0.2, 0.25) is 11.8 Å². The van der Waals surface area contributed by atoms with Crippen LogP contribution in [-0.4, -0.2) is 34.5 Å². The largest absolute Gasteiger partial charge is 0.468 e. The normalized spacial score (nSPS) is 16.8. The number of nitrogens with zero attached hydrogens (tertiary/aromatic N) is 4. The first-order valence-corrected chi connectivity index (χ1v) is 10.4. The summed E-state index contributed by atoms with van der Waals surface area (Å²) in [4.78, 5) is 14.4. The van der Waals surface area contributed by atoms with E-state index in [0.29, 0.717) is 5.88 Å². The van der Waals surface area contributed by atoms with Gasteiger partial charge in [0.05, 0.1) is 24.1 Å². The van der Waals surface area contributed by atoms with Gasteiger partial charge in [0.15, 0.2) is 0 Å². The van der Waals surface area contributed by atoms with E-state index in [1.54, 1.807) is 6.26 Å². The second-order valence-corrected chi connectivity index (χ2v) is 7.90. The lowest BCUT2D eigenvalue weighted by Gasteiger charge is -2.29. The summed E-state index contributed by atoms with van der Waals surface area (Å²) < 4.78 is 11.8. The van der Waals surface area contributed by atoms with Crippen LogP contribution in [-0.2, 0) is 19.5 Å². The first-order chi connectivity index (χ1) is 14.2. The highest BCUT2D eigenvalue weighted by Gasteiger charge is 2.26. The maximum atomic E-state index is 6.29. The van der Waals surface area contributed by atoms with Crippen molar-refractivity contribution >= 4 is 5.95 Å². The Morgan fingerprint density at radius 2 is 1.86 bits per heavy atom. The summed E-state index contributed by atoms with van der Waals surface area (Å²) in [7, 11) is 0. The van der Waals surface area contributed by atoms with Crippen LogP contribution in [0.2, 0.25) is 0 Å². The molecule has 150 valence electrons. The average molecular weight is 390 g/mol. The molecule has 1 saturated heterocycles.